The maximum absolute atomic E-state index is 12.9. The van der Waals surface area contributed by atoms with Gasteiger partial charge in [0, 0.05) is 19.5 Å². The molecule has 40 heavy (non-hydrogen) atoms. The summed E-state index contributed by atoms with van der Waals surface area (Å²) in [5, 5.41) is 25.3. The zero-order valence-electron chi connectivity index (χ0n) is 21.9. The van der Waals surface area contributed by atoms with Gasteiger partial charge in [-0.2, -0.15) is 0 Å². The van der Waals surface area contributed by atoms with Crippen LogP contribution in [0.25, 0.3) is 0 Å². The van der Waals surface area contributed by atoms with Crippen molar-refractivity contribution in [3.8, 4) is 0 Å². The molecule has 0 saturated heterocycles. The number of guanidine groups is 2. The van der Waals surface area contributed by atoms with Gasteiger partial charge in [-0.1, -0.05) is 0 Å². The Balaban J connectivity index is 5.51. The molecule has 0 fully saturated rings. The lowest BCUT2D eigenvalue weighted by molar-refractivity contribution is -0.143. The van der Waals surface area contributed by atoms with Gasteiger partial charge in [0.1, 0.15) is 18.1 Å². The van der Waals surface area contributed by atoms with Crippen LogP contribution in [0.4, 0.5) is 0 Å². The van der Waals surface area contributed by atoms with Crippen molar-refractivity contribution < 1.29 is 39.0 Å². The van der Waals surface area contributed by atoms with Crippen LogP contribution in [-0.2, 0) is 28.8 Å². The molecule has 0 aromatic carbocycles. The van der Waals surface area contributed by atoms with E-state index in [1.165, 1.54) is 0 Å². The number of aliphatic imine (C=N–C) groups is 2. The Morgan fingerprint density at radius 2 is 1.12 bits per heavy atom. The van der Waals surface area contributed by atoms with Crippen LogP contribution in [0.5, 0.6) is 0 Å². The van der Waals surface area contributed by atoms with Gasteiger partial charge >= 0.3 is 11.9 Å². The summed E-state index contributed by atoms with van der Waals surface area (Å²) >= 11 is 0. The molecule has 0 radical (unpaired) electrons. The minimum atomic E-state index is -1.73. The zero-order valence-corrected chi connectivity index (χ0v) is 21.9. The average Bonchev–Trinajstić information content (AvgIpc) is 2.84. The quantitative estimate of drug-likeness (QED) is 0.0368. The summed E-state index contributed by atoms with van der Waals surface area (Å²) in [6.07, 6.45) is -1.03. The van der Waals surface area contributed by atoms with E-state index >= 15 is 0 Å². The molecule has 0 aromatic rings. The summed E-state index contributed by atoms with van der Waals surface area (Å²) in [7, 11) is 0. The highest BCUT2D eigenvalue weighted by molar-refractivity contribution is 5.95. The molecule has 4 amide bonds. The van der Waals surface area contributed by atoms with E-state index < -0.39 is 66.2 Å². The molecule has 226 valence electrons. The number of carboxylic acid groups (broad SMARTS) is 2. The largest absolute Gasteiger partial charge is 0.481 e. The number of hydrogen-bond acceptors (Lipinski definition) is 9. The predicted molar refractivity (Wildman–Crippen MR) is 142 cm³/mol. The first-order chi connectivity index (χ1) is 18.6. The molecular weight excluding hydrogens is 534 g/mol. The van der Waals surface area contributed by atoms with Gasteiger partial charge < -0.3 is 60.6 Å². The zero-order chi connectivity index (χ0) is 30.8. The molecule has 0 bridgehead atoms. The van der Waals surface area contributed by atoms with Gasteiger partial charge in [-0.3, -0.25) is 34.0 Å². The molecule has 0 aliphatic carbocycles. The van der Waals surface area contributed by atoms with E-state index in [2.05, 4.69) is 25.9 Å². The number of rotatable bonds is 20. The summed E-state index contributed by atoms with van der Waals surface area (Å²) in [5.41, 5.74) is 31.8. The first kappa shape index (κ1) is 35.3. The van der Waals surface area contributed by atoms with Crippen LogP contribution in [0.1, 0.15) is 44.9 Å². The standard InChI is InChI=1S/C21H39N11O8/c22-10(3-1-7-28-20(24)25)16(36)30-11(5-6-14(23)33)17(37)32-13(9-15(34)35)18(38)31-12(19(39)40)4-2-8-29-21(26)27/h10-13H,1-9,22H2,(H2,23,33)(H,30,36)(H,31,38)(H,32,37)(H,34,35)(H,39,40)(H4,24,25,28)(H4,26,27,29). The van der Waals surface area contributed by atoms with E-state index in [1.54, 1.807) is 0 Å². The molecule has 0 rings (SSSR count). The fourth-order valence-corrected chi connectivity index (χ4v) is 3.17. The molecule has 0 heterocycles. The van der Waals surface area contributed by atoms with E-state index in [1.807, 2.05) is 0 Å². The van der Waals surface area contributed by atoms with Crippen molar-refractivity contribution in [3.63, 3.8) is 0 Å². The molecule has 0 aliphatic heterocycles. The van der Waals surface area contributed by atoms with Gasteiger partial charge in [0.05, 0.1) is 12.5 Å². The molecule has 17 N–H and O–H groups in total. The molecule has 19 heteroatoms. The number of primary amides is 1. The molecule has 0 aromatic heterocycles. The summed E-state index contributed by atoms with van der Waals surface area (Å²) in [4.78, 5) is 79.9. The third kappa shape index (κ3) is 16.2. The van der Waals surface area contributed by atoms with E-state index in [4.69, 9.17) is 34.4 Å². The van der Waals surface area contributed by atoms with E-state index in [-0.39, 0.29) is 57.1 Å². The minimum Gasteiger partial charge on any atom is -0.481 e. The van der Waals surface area contributed by atoms with Gasteiger partial charge in [-0.05, 0) is 32.1 Å². The number of nitrogens with one attached hydrogen (secondary N) is 3. The van der Waals surface area contributed by atoms with Crippen molar-refractivity contribution in [1.82, 2.24) is 16.0 Å². The number of amides is 4. The molecule has 4 atom stereocenters. The van der Waals surface area contributed by atoms with E-state index in [0.717, 1.165) is 0 Å². The van der Waals surface area contributed by atoms with Gasteiger partial charge in [0.15, 0.2) is 11.9 Å². The second-order valence-corrected chi connectivity index (χ2v) is 8.63. The average molecular weight is 574 g/mol. The van der Waals surface area contributed by atoms with Crippen LogP contribution in [0.3, 0.4) is 0 Å². The fourth-order valence-electron chi connectivity index (χ4n) is 3.17. The lowest BCUT2D eigenvalue weighted by Gasteiger charge is -2.24. The molecular formula is C21H39N11O8. The maximum atomic E-state index is 12.9. The van der Waals surface area contributed by atoms with E-state index in [9.17, 15) is 39.0 Å². The number of nitrogens with two attached hydrogens (primary N) is 6. The summed E-state index contributed by atoms with van der Waals surface area (Å²) in [6, 6.07) is -5.70. The lowest BCUT2D eigenvalue weighted by Crippen LogP contribution is -2.57. The highest BCUT2D eigenvalue weighted by atomic mass is 16.4. The molecule has 0 spiro atoms. The Kier molecular flexibility index (Phi) is 16.4. The van der Waals surface area contributed by atoms with Crippen molar-refractivity contribution in [2.75, 3.05) is 13.1 Å². The predicted octanol–water partition coefficient (Wildman–Crippen LogP) is -5.30. The second kappa shape index (κ2) is 18.6. The van der Waals surface area contributed by atoms with Crippen LogP contribution in [0.2, 0.25) is 0 Å². The summed E-state index contributed by atoms with van der Waals surface area (Å²) in [5.74, 6) is -6.95. The number of nitrogens with zero attached hydrogens (tertiary/aromatic N) is 2. The lowest BCUT2D eigenvalue weighted by atomic mass is 10.1. The van der Waals surface area contributed by atoms with Crippen LogP contribution >= 0.6 is 0 Å². The number of aliphatic carboxylic acids is 2. The number of carboxylic acids is 2. The normalized spacial score (nSPS) is 13.4. The number of carbonyl (C=O) groups excluding carboxylic acids is 4. The first-order valence-corrected chi connectivity index (χ1v) is 12.1. The monoisotopic (exact) mass is 573 g/mol. The number of hydrogen-bond donors (Lipinski definition) is 11. The van der Waals surface area contributed by atoms with Crippen LogP contribution < -0.4 is 50.4 Å². The SMILES string of the molecule is NC(=O)CCC(NC(=O)C(N)CCCN=C(N)N)C(=O)NC(CC(=O)O)C(=O)NC(CCCN=C(N)N)C(=O)O. The van der Waals surface area contributed by atoms with Crippen molar-refractivity contribution in [2.24, 2.45) is 44.4 Å². The second-order valence-electron chi connectivity index (χ2n) is 8.63. The maximum Gasteiger partial charge on any atom is 0.326 e. The van der Waals surface area contributed by atoms with Crippen LogP contribution in [0.15, 0.2) is 9.98 Å². The Morgan fingerprint density at radius 3 is 1.60 bits per heavy atom. The van der Waals surface area contributed by atoms with E-state index in [0.29, 0.717) is 6.42 Å². The molecule has 0 aliphatic rings. The van der Waals surface area contributed by atoms with Crippen molar-refractivity contribution >= 4 is 47.5 Å². The third-order valence-electron chi connectivity index (χ3n) is 5.19. The Morgan fingerprint density at radius 1 is 0.650 bits per heavy atom. The van der Waals surface area contributed by atoms with Crippen molar-refractivity contribution in [1.29, 1.82) is 0 Å². The topological polar surface area (TPSA) is 360 Å². The third-order valence-corrected chi connectivity index (χ3v) is 5.19. The van der Waals surface area contributed by atoms with Crippen molar-refractivity contribution in [3.05, 3.63) is 0 Å². The van der Waals surface area contributed by atoms with Gasteiger partial charge in [-0.15, -0.1) is 0 Å². The highest BCUT2D eigenvalue weighted by Gasteiger charge is 2.31. The summed E-state index contributed by atoms with van der Waals surface area (Å²) < 4.78 is 0. The van der Waals surface area contributed by atoms with Crippen LogP contribution in [-0.4, -0.2) is 95.0 Å². The summed E-state index contributed by atoms with van der Waals surface area (Å²) in [6.45, 7) is 0.279. The Bertz CT molecular complexity index is 964. The molecule has 4 unspecified atom stereocenters. The van der Waals surface area contributed by atoms with Crippen LogP contribution in [0, 0.1) is 0 Å². The molecule has 19 nitrogen and oxygen atoms in total. The Labute approximate surface area is 229 Å². The van der Waals surface area contributed by atoms with Gasteiger partial charge in [0.2, 0.25) is 23.6 Å². The Hall–Kier alpha value is -4.68. The van der Waals surface area contributed by atoms with Crippen molar-refractivity contribution in [2.45, 2.75) is 69.1 Å². The highest BCUT2D eigenvalue weighted by Crippen LogP contribution is 2.05. The molecule has 0 saturated carbocycles. The number of carbonyl (C=O) groups is 6. The van der Waals surface area contributed by atoms with Gasteiger partial charge in [0.25, 0.3) is 0 Å². The fraction of sp³-hybridized carbons (Fsp3) is 0.619. The van der Waals surface area contributed by atoms with Gasteiger partial charge in [-0.25, -0.2) is 4.79 Å². The first-order valence-electron chi connectivity index (χ1n) is 12.1. The minimum absolute atomic E-state index is 0.0783. The smallest absolute Gasteiger partial charge is 0.326 e.